The Morgan fingerprint density at radius 2 is 0.768 bits per heavy atom. The van der Waals surface area contributed by atoms with Gasteiger partial charge in [-0.25, -0.2) is 0 Å². The van der Waals surface area contributed by atoms with Crippen LogP contribution in [0.15, 0.2) is 132 Å². The Hall–Kier alpha value is -3.23. The van der Waals surface area contributed by atoms with E-state index in [2.05, 4.69) is 133 Å². The molecule has 0 aromatic heterocycles. The van der Waals surface area contributed by atoms with Crippen LogP contribution in [0, 0.1) is 11.8 Å². The van der Waals surface area contributed by atoms with E-state index in [-0.39, 0.29) is 24.8 Å². The quantitative estimate of drug-likeness (QED) is 0.146. The van der Waals surface area contributed by atoms with Crippen molar-refractivity contribution in [2.24, 2.45) is 11.8 Å². The summed E-state index contributed by atoms with van der Waals surface area (Å²) in [5.74, 6) is 1.50. The first-order chi connectivity index (χ1) is 26.8. The topological polar surface area (TPSA) is 0 Å². The standard InChI is InChI=1S/2C25H23.C3H6.2ClH.Hf/c2*1-2-8-18(9-3-1)21-16-20-12-7-15-24(25(20)17-21)23-14-6-11-19-10-4-5-13-22(19)23;1-3-2;;;/h2*4-7,10-18H,1-3,8-9H2;1-3H2;2*1H;. The molecule has 4 aliphatic carbocycles. The first-order valence-electron chi connectivity index (χ1n) is 21.4. The maximum atomic E-state index is 2.82. The van der Waals surface area contributed by atoms with Crippen molar-refractivity contribution in [1.82, 2.24) is 0 Å². The van der Waals surface area contributed by atoms with Crippen LogP contribution in [-0.4, -0.2) is 0 Å². The van der Waals surface area contributed by atoms with Gasteiger partial charge in [0.2, 0.25) is 0 Å². The van der Waals surface area contributed by atoms with E-state index in [0.29, 0.717) is 7.35 Å². The summed E-state index contributed by atoms with van der Waals surface area (Å²) in [6.45, 7) is 0. The molecule has 0 N–H and O–H groups in total. The fourth-order valence-corrected chi connectivity index (χ4v) is 35.3. The van der Waals surface area contributed by atoms with Crippen LogP contribution in [0.25, 0.3) is 56.0 Å². The Labute approximate surface area is 351 Å². The maximum absolute atomic E-state index is 3.27. The van der Waals surface area contributed by atoms with Gasteiger partial charge in [0.25, 0.3) is 0 Å². The third kappa shape index (κ3) is 6.17. The second-order valence-corrected chi connectivity index (χ2v) is 34.2. The van der Waals surface area contributed by atoms with Crippen molar-refractivity contribution < 1.29 is 20.0 Å². The third-order valence-corrected chi connectivity index (χ3v) is 37.1. The SMILES string of the molecule is C1=C(C2CCCCC2)[CH]([Hf]2([CH]3C(C4CCCCC4)=Cc4c(-c5cccc6ccccc56)cccc43)[CH2]C[CH2]2)c2cccc(-c3cccc4ccccc34)c21.Cl.Cl. The largest absolute Gasteiger partial charge is 0.147 e. The van der Waals surface area contributed by atoms with Gasteiger partial charge >= 0.3 is 329 Å². The Morgan fingerprint density at radius 1 is 0.375 bits per heavy atom. The smallest absolute Gasteiger partial charge is 0.147 e. The molecular weight excluding hydrogens is 886 g/mol. The van der Waals surface area contributed by atoms with Crippen LogP contribution in [0.1, 0.15) is 100 Å². The van der Waals surface area contributed by atoms with Crippen molar-refractivity contribution in [1.29, 1.82) is 0 Å². The van der Waals surface area contributed by atoms with Crippen molar-refractivity contribution >= 4 is 58.5 Å². The number of allylic oxidation sites excluding steroid dienone is 2. The minimum absolute atomic E-state index is 0. The van der Waals surface area contributed by atoms with Crippen molar-refractivity contribution in [2.75, 3.05) is 0 Å². The van der Waals surface area contributed by atoms with Crippen LogP contribution in [0.5, 0.6) is 0 Å². The minimum Gasteiger partial charge on any atom is -0.147 e. The first kappa shape index (κ1) is 38.3. The second kappa shape index (κ2) is 15.8. The first-order valence-corrected chi connectivity index (χ1v) is 30.7. The van der Waals surface area contributed by atoms with Crippen molar-refractivity contribution in [3.05, 3.63) is 155 Å². The predicted molar refractivity (Wildman–Crippen MR) is 242 cm³/mol. The molecule has 5 aliphatic rings. The molecule has 6 aromatic carbocycles. The molecule has 3 fully saturated rings. The average molecular weight is 940 g/mol. The molecule has 56 heavy (non-hydrogen) atoms. The van der Waals surface area contributed by atoms with E-state index in [1.54, 1.807) is 30.6 Å². The number of hydrogen-bond donors (Lipinski definition) is 0. The van der Waals surface area contributed by atoms with Gasteiger partial charge in [-0.3, -0.25) is 0 Å². The second-order valence-electron chi connectivity index (χ2n) is 17.6. The van der Waals surface area contributed by atoms with Crippen molar-refractivity contribution in [2.45, 2.75) is 86.3 Å². The molecule has 1 heterocycles. The molecule has 2 atom stereocenters. The van der Waals surface area contributed by atoms with Crippen molar-refractivity contribution in [3.63, 3.8) is 0 Å². The third-order valence-electron chi connectivity index (χ3n) is 14.9. The van der Waals surface area contributed by atoms with E-state index < -0.39 is 20.0 Å². The normalized spacial score (nSPS) is 21.6. The van der Waals surface area contributed by atoms with Gasteiger partial charge in [-0.2, -0.15) is 0 Å². The monoisotopic (exact) mass is 940 g/mol. The maximum Gasteiger partial charge on any atom is -0.147 e. The van der Waals surface area contributed by atoms with Gasteiger partial charge < -0.3 is 0 Å². The number of halogens is 2. The number of fused-ring (bicyclic) bond motifs is 4. The summed E-state index contributed by atoms with van der Waals surface area (Å²) in [7, 11) is 0. The van der Waals surface area contributed by atoms with E-state index in [1.165, 1.54) is 114 Å². The van der Waals surface area contributed by atoms with Gasteiger partial charge in [0, 0.05) is 0 Å². The fourth-order valence-electron chi connectivity index (χ4n) is 12.4. The number of hydrogen-bond acceptors (Lipinski definition) is 0. The Morgan fingerprint density at radius 3 is 1.20 bits per heavy atom. The average Bonchev–Trinajstić information content (AvgIpc) is 3.81. The summed E-state index contributed by atoms with van der Waals surface area (Å²) in [5.41, 5.74) is 16.2. The van der Waals surface area contributed by atoms with Gasteiger partial charge in [0.15, 0.2) is 0 Å². The van der Waals surface area contributed by atoms with E-state index in [9.17, 15) is 0 Å². The Kier molecular flexibility index (Phi) is 10.8. The zero-order valence-electron chi connectivity index (χ0n) is 32.5. The number of benzene rings is 6. The summed E-state index contributed by atoms with van der Waals surface area (Å²) in [4.78, 5) is 0. The molecule has 6 aromatic rings. The summed E-state index contributed by atoms with van der Waals surface area (Å²) in [6.07, 6.45) is 21.1. The number of rotatable bonds is 6. The molecule has 0 amide bonds. The van der Waals surface area contributed by atoms with Crippen LogP contribution in [-0.2, 0) is 20.0 Å². The van der Waals surface area contributed by atoms with Gasteiger partial charge in [0.1, 0.15) is 0 Å². The fraction of sp³-hybridized carbons (Fsp3) is 0.321. The Balaban J connectivity index is 0.00000205. The summed E-state index contributed by atoms with van der Waals surface area (Å²) < 4.78 is 4.49. The summed E-state index contributed by atoms with van der Waals surface area (Å²) in [5, 5.41) is 5.48. The molecule has 0 radical (unpaired) electrons. The van der Waals surface area contributed by atoms with Gasteiger partial charge in [0.05, 0.1) is 0 Å². The zero-order chi connectivity index (χ0) is 35.6. The Bertz CT molecular complexity index is 2290. The molecule has 1 saturated heterocycles. The zero-order valence-corrected chi connectivity index (χ0v) is 37.7. The molecule has 284 valence electrons. The molecule has 1 aliphatic heterocycles. The van der Waals surface area contributed by atoms with Gasteiger partial charge in [-0.1, -0.05) is 0 Å². The van der Waals surface area contributed by atoms with Crippen LogP contribution >= 0.6 is 24.8 Å². The predicted octanol–water partition coefficient (Wildman–Crippen LogP) is 16.3. The van der Waals surface area contributed by atoms with Crippen LogP contribution in [0.4, 0.5) is 0 Å². The van der Waals surface area contributed by atoms with Crippen LogP contribution in [0.2, 0.25) is 8.35 Å². The van der Waals surface area contributed by atoms with E-state index in [1.807, 2.05) is 11.1 Å². The van der Waals surface area contributed by atoms with E-state index >= 15 is 0 Å². The molecular formula is C53H54Cl2Hf. The molecule has 0 bridgehead atoms. The van der Waals surface area contributed by atoms with Gasteiger partial charge in [-0.15, -0.1) is 24.8 Å². The molecule has 11 rings (SSSR count). The van der Waals surface area contributed by atoms with E-state index in [4.69, 9.17) is 0 Å². The van der Waals surface area contributed by atoms with E-state index in [0.717, 1.165) is 11.8 Å². The molecule has 0 spiro atoms. The molecule has 2 saturated carbocycles. The molecule has 3 heteroatoms. The summed E-state index contributed by atoms with van der Waals surface area (Å²) >= 11 is -3.27. The van der Waals surface area contributed by atoms with Crippen molar-refractivity contribution in [3.8, 4) is 22.3 Å². The molecule has 2 unspecified atom stereocenters. The summed E-state index contributed by atoms with van der Waals surface area (Å²) in [6, 6.07) is 47.1. The van der Waals surface area contributed by atoms with Gasteiger partial charge in [-0.05, 0) is 0 Å². The minimum atomic E-state index is -3.27. The van der Waals surface area contributed by atoms with Crippen LogP contribution in [0.3, 0.4) is 0 Å². The van der Waals surface area contributed by atoms with Crippen LogP contribution < -0.4 is 0 Å². The molecule has 0 nitrogen and oxygen atoms in total.